The third-order valence-electron chi connectivity index (χ3n) is 2.37. The second-order valence-corrected chi connectivity index (χ2v) is 3.48. The lowest BCUT2D eigenvalue weighted by atomic mass is 10.0. The first-order valence-corrected chi connectivity index (χ1v) is 5.09. The molecule has 0 heterocycles. The molecule has 0 saturated heterocycles. The van der Waals surface area contributed by atoms with Crippen molar-refractivity contribution in [1.82, 2.24) is 0 Å². The van der Waals surface area contributed by atoms with Gasteiger partial charge in [-0.3, -0.25) is 4.79 Å². The molecule has 92 valence electrons. The van der Waals surface area contributed by atoms with E-state index in [9.17, 15) is 9.59 Å². The highest BCUT2D eigenvalue weighted by molar-refractivity contribution is 5.91. The van der Waals surface area contributed by atoms with Gasteiger partial charge in [0.1, 0.15) is 6.04 Å². The molecular formula is C12H15NO4. The number of ether oxygens (including phenoxy) is 2. The van der Waals surface area contributed by atoms with Gasteiger partial charge in [0.25, 0.3) is 0 Å². The second kappa shape index (κ2) is 6.00. The summed E-state index contributed by atoms with van der Waals surface area (Å²) in [6, 6.07) is 6.07. The number of rotatable bonds is 4. The minimum Gasteiger partial charge on any atom is -0.468 e. The average molecular weight is 237 g/mol. The highest BCUT2D eigenvalue weighted by Crippen LogP contribution is 2.12. The topological polar surface area (TPSA) is 78.6 Å². The Morgan fingerprint density at radius 1 is 1.24 bits per heavy atom. The number of hydrogen-bond acceptors (Lipinski definition) is 5. The van der Waals surface area contributed by atoms with Crippen molar-refractivity contribution in [2.45, 2.75) is 12.5 Å². The maximum atomic E-state index is 11.5. The van der Waals surface area contributed by atoms with Gasteiger partial charge < -0.3 is 15.2 Å². The summed E-state index contributed by atoms with van der Waals surface area (Å²) in [7, 11) is 2.58. The fourth-order valence-corrected chi connectivity index (χ4v) is 1.48. The molecule has 2 N–H and O–H groups in total. The van der Waals surface area contributed by atoms with E-state index in [-0.39, 0.29) is 6.42 Å². The van der Waals surface area contributed by atoms with Crippen LogP contribution >= 0.6 is 0 Å². The van der Waals surface area contributed by atoms with E-state index in [1.165, 1.54) is 14.2 Å². The maximum absolute atomic E-state index is 11.5. The SMILES string of the molecule is COC(=O)c1ccccc1C[C@@H](N)C(=O)OC. The lowest BCUT2D eigenvalue weighted by molar-refractivity contribution is -0.142. The van der Waals surface area contributed by atoms with Gasteiger partial charge in [0.2, 0.25) is 0 Å². The molecule has 0 aliphatic heterocycles. The Balaban J connectivity index is 2.91. The zero-order chi connectivity index (χ0) is 12.8. The summed E-state index contributed by atoms with van der Waals surface area (Å²) in [6.45, 7) is 0. The van der Waals surface area contributed by atoms with E-state index in [2.05, 4.69) is 9.47 Å². The largest absolute Gasteiger partial charge is 0.468 e. The monoisotopic (exact) mass is 237 g/mol. The first-order valence-electron chi connectivity index (χ1n) is 5.09. The summed E-state index contributed by atoms with van der Waals surface area (Å²) < 4.78 is 9.18. The Labute approximate surface area is 99.5 Å². The van der Waals surface area contributed by atoms with Crippen molar-refractivity contribution in [2.75, 3.05) is 14.2 Å². The Hall–Kier alpha value is -1.88. The third-order valence-corrected chi connectivity index (χ3v) is 2.37. The molecule has 1 aromatic carbocycles. The van der Waals surface area contributed by atoms with Gasteiger partial charge in [0.15, 0.2) is 0 Å². The van der Waals surface area contributed by atoms with Gasteiger partial charge >= 0.3 is 11.9 Å². The second-order valence-electron chi connectivity index (χ2n) is 3.48. The summed E-state index contributed by atoms with van der Waals surface area (Å²) in [4.78, 5) is 22.7. The maximum Gasteiger partial charge on any atom is 0.338 e. The van der Waals surface area contributed by atoms with Crippen molar-refractivity contribution in [3.63, 3.8) is 0 Å². The first kappa shape index (κ1) is 13.2. The van der Waals surface area contributed by atoms with E-state index in [4.69, 9.17) is 5.73 Å². The predicted octanol–water partition coefficient (Wildman–Crippen LogP) is 0.516. The van der Waals surface area contributed by atoms with Crippen LogP contribution in [0.15, 0.2) is 24.3 Å². The smallest absolute Gasteiger partial charge is 0.338 e. The highest BCUT2D eigenvalue weighted by Gasteiger charge is 2.18. The number of hydrogen-bond donors (Lipinski definition) is 1. The predicted molar refractivity (Wildman–Crippen MR) is 61.5 cm³/mol. The lowest BCUT2D eigenvalue weighted by Crippen LogP contribution is -2.34. The van der Waals surface area contributed by atoms with Crippen LogP contribution in [-0.2, 0) is 20.7 Å². The van der Waals surface area contributed by atoms with Gasteiger partial charge in [-0.1, -0.05) is 18.2 Å². The number of nitrogens with two attached hydrogens (primary N) is 1. The molecule has 0 fully saturated rings. The normalized spacial score (nSPS) is 11.7. The zero-order valence-electron chi connectivity index (χ0n) is 9.80. The minimum atomic E-state index is -0.786. The molecule has 0 radical (unpaired) electrons. The molecule has 5 heteroatoms. The number of carbonyl (C=O) groups is 2. The zero-order valence-corrected chi connectivity index (χ0v) is 9.80. The molecule has 0 bridgehead atoms. The Morgan fingerprint density at radius 2 is 1.88 bits per heavy atom. The quantitative estimate of drug-likeness (QED) is 0.772. The minimum absolute atomic E-state index is 0.234. The van der Waals surface area contributed by atoms with E-state index < -0.39 is 18.0 Å². The van der Waals surface area contributed by atoms with Gasteiger partial charge in [-0.05, 0) is 18.1 Å². The van der Waals surface area contributed by atoms with Crippen molar-refractivity contribution in [3.05, 3.63) is 35.4 Å². The van der Waals surface area contributed by atoms with Crippen LogP contribution < -0.4 is 5.73 Å². The summed E-state index contributed by atoms with van der Waals surface area (Å²) >= 11 is 0. The molecule has 0 aliphatic rings. The molecule has 17 heavy (non-hydrogen) atoms. The lowest BCUT2D eigenvalue weighted by Gasteiger charge is -2.11. The summed E-state index contributed by atoms with van der Waals surface area (Å²) in [5.74, 6) is -0.956. The van der Waals surface area contributed by atoms with E-state index in [0.29, 0.717) is 11.1 Å². The standard InChI is InChI=1S/C12H15NO4/c1-16-11(14)9-6-4-3-5-8(9)7-10(13)12(15)17-2/h3-6,10H,7,13H2,1-2H3/t10-/m1/s1. The fourth-order valence-electron chi connectivity index (χ4n) is 1.48. The van der Waals surface area contributed by atoms with E-state index in [0.717, 1.165) is 0 Å². The summed E-state index contributed by atoms with van der Waals surface area (Å²) in [6.07, 6.45) is 0.234. The molecule has 0 spiro atoms. The van der Waals surface area contributed by atoms with Crippen LogP contribution in [0.25, 0.3) is 0 Å². The highest BCUT2D eigenvalue weighted by atomic mass is 16.5. The van der Waals surface area contributed by atoms with Gasteiger partial charge in [-0.15, -0.1) is 0 Å². The van der Waals surface area contributed by atoms with Crippen LogP contribution in [0.2, 0.25) is 0 Å². The van der Waals surface area contributed by atoms with Crippen LogP contribution in [0, 0.1) is 0 Å². The van der Waals surface area contributed by atoms with E-state index >= 15 is 0 Å². The van der Waals surface area contributed by atoms with Gasteiger partial charge in [0.05, 0.1) is 19.8 Å². The number of methoxy groups -OCH3 is 2. The summed E-state index contributed by atoms with van der Waals surface area (Å²) in [5, 5.41) is 0. The number of carbonyl (C=O) groups excluding carboxylic acids is 2. The van der Waals surface area contributed by atoms with Gasteiger partial charge in [0, 0.05) is 0 Å². The van der Waals surface area contributed by atoms with Gasteiger partial charge in [-0.2, -0.15) is 0 Å². The van der Waals surface area contributed by atoms with Crippen LogP contribution in [0.4, 0.5) is 0 Å². The van der Waals surface area contributed by atoms with Crippen LogP contribution in [0.1, 0.15) is 15.9 Å². The van der Waals surface area contributed by atoms with Crippen LogP contribution in [0.5, 0.6) is 0 Å². The van der Waals surface area contributed by atoms with Crippen molar-refractivity contribution in [2.24, 2.45) is 5.73 Å². The average Bonchev–Trinajstić information content (AvgIpc) is 2.37. The van der Waals surface area contributed by atoms with E-state index in [1.807, 2.05) is 0 Å². The molecule has 1 aromatic rings. The van der Waals surface area contributed by atoms with Crippen LogP contribution in [-0.4, -0.2) is 32.2 Å². The molecule has 0 aromatic heterocycles. The summed E-state index contributed by atoms with van der Waals surface area (Å²) in [5.41, 5.74) is 6.72. The van der Waals surface area contributed by atoms with Crippen molar-refractivity contribution >= 4 is 11.9 Å². The van der Waals surface area contributed by atoms with Crippen molar-refractivity contribution in [3.8, 4) is 0 Å². The molecule has 0 unspecified atom stereocenters. The van der Waals surface area contributed by atoms with Crippen LogP contribution in [0.3, 0.4) is 0 Å². The Morgan fingerprint density at radius 3 is 2.47 bits per heavy atom. The Bertz CT molecular complexity index is 417. The number of esters is 2. The molecular weight excluding hydrogens is 222 g/mol. The molecule has 0 aliphatic carbocycles. The molecule has 0 amide bonds. The molecule has 5 nitrogen and oxygen atoms in total. The molecule has 1 rings (SSSR count). The Kier molecular flexibility index (Phi) is 4.66. The van der Waals surface area contributed by atoms with Gasteiger partial charge in [-0.25, -0.2) is 4.79 Å². The molecule has 0 saturated carbocycles. The van der Waals surface area contributed by atoms with Crippen molar-refractivity contribution < 1.29 is 19.1 Å². The molecule has 1 atom stereocenters. The number of benzene rings is 1. The van der Waals surface area contributed by atoms with Crippen molar-refractivity contribution in [1.29, 1.82) is 0 Å². The first-order chi connectivity index (χ1) is 8.10. The fraction of sp³-hybridized carbons (Fsp3) is 0.333. The third kappa shape index (κ3) is 3.29. The van der Waals surface area contributed by atoms with E-state index in [1.54, 1.807) is 24.3 Å².